The van der Waals surface area contributed by atoms with Crippen LogP contribution in [-0.4, -0.2) is 35.5 Å². The van der Waals surface area contributed by atoms with Gasteiger partial charge >= 0.3 is 0 Å². The van der Waals surface area contributed by atoms with Gasteiger partial charge in [0.25, 0.3) is 0 Å². The van der Waals surface area contributed by atoms with Gasteiger partial charge in [-0.25, -0.2) is 0 Å². The van der Waals surface area contributed by atoms with E-state index in [0.29, 0.717) is 0 Å². The lowest BCUT2D eigenvalue weighted by atomic mass is 9.77. The highest BCUT2D eigenvalue weighted by atomic mass is 16.5. The lowest BCUT2D eigenvalue weighted by Gasteiger charge is -2.44. The molecule has 4 heteroatoms. The first-order valence-electron chi connectivity index (χ1n) is 7.09. The third kappa shape index (κ3) is 2.81. The molecule has 2 atom stereocenters. The van der Waals surface area contributed by atoms with Crippen LogP contribution in [0.5, 0.6) is 0 Å². The number of hydrogen-bond donors (Lipinski definition) is 1. The van der Waals surface area contributed by atoms with Crippen molar-refractivity contribution in [3.8, 4) is 0 Å². The highest BCUT2D eigenvalue weighted by Crippen LogP contribution is 2.41. The fourth-order valence-corrected chi connectivity index (χ4v) is 3.26. The van der Waals surface area contributed by atoms with E-state index >= 15 is 0 Å². The molecule has 1 N–H and O–H groups in total. The molecule has 0 aromatic carbocycles. The molecule has 1 aromatic rings. The zero-order chi connectivity index (χ0) is 13.1. The molecule has 104 valence electrons. The Labute approximate surface area is 113 Å². The molecule has 3 heterocycles. The molecular formula is C15H21NO3. The molecule has 2 unspecified atom stereocenters. The molecule has 0 radical (unpaired) electrons. The first kappa shape index (κ1) is 13.0. The normalized spacial score (nSPS) is 28.2. The van der Waals surface area contributed by atoms with Gasteiger partial charge in [-0.1, -0.05) is 0 Å². The number of ether oxygens (including phenoxy) is 2. The zero-order valence-corrected chi connectivity index (χ0v) is 11.1. The van der Waals surface area contributed by atoms with Crippen molar-refractivity contribution in [2.75, 3.05) is 19.8 Å². The van der Waals surface area contributed by atoms with Crippen molar-refractivity contribution in [2.24, 2.45) is 5.92 Å². The third-order valence-electron chi connectivity index (χ3n) is 4.43. The van der Waals surface area contributed by atoms with E-state index in [0.717, 1.165) is 51.1 Å². The number of hydrogen-bond acceptors (Lipinski definition) is 4. The second kappa shape index (κ2) is 5.57. The summed E-state index contributed by atoms with van der Waals surface area (Å²) in [5, 5.41) is 10.5. The molecule has 1 spiro atoms. The van der Waals surface area contributed by atoms with Crippen LogP contribution in [0.3, 0.4) is 0 Å². The summed E-state index contributed by atoms with van der Waals surface area (Å²) in [6, 6.07) is 3.80. The van der Waals surface area contributed by atoms with Crippen LogP contribution in [0.1, 0.15) is 37.4 Å². The van der Waals surface area contributed by atoms with E-state index < -0.39 is 6.10 Å². The largest absolute Gasteiger partial charge is 0.388 e. The summed E-state index contributed by atoms with van der Waals surface area (Å²) in [5.41, 5.74) is 0.902. The van der Waals surface area contributed by atoms with Crippen LogP contribution >= 0.6 is 0 Å². The minimum atomic E-state index is -0.411. The standard InChI is InChI=1S/C15H21NO3/c17-14(12-1-6-16-7-2-12)13-3-8-19-15(11-13)4-9-18-10-5-15/h1-2,6-7,13-14,17H,3-5,8-11H2. The van der Waals surface area contributed by atoms with Gasteiger partial charge in [0.15, 0.2) is 0 Å². The average molecular weight is 263 g/mol. The van der Waals surface area contributed by atoms with E-state index in [1.54, 1.807) is 12.4 Å². The molecule has 2 saturated heterocycles. The maximum Gasteiger partial charge on any atom is 0.0821 e. The second-order valence-electron chi connectivity index (χ2n) is 5.62. The summed E-state index contributed by atoms with van der Waals surface area (Å²) in [6.45, 7) is 2.29. The minimum Gasteiger partial charge on any atom is -0.388 e. The average Bonchev–Trinajstić information content (AvgIpc) is 2.48. The van der Waals surface area contributed by atoms with Crippen LogP contribution in [0.15, 0.2) is 24.5 Å². The van der Waals surface area contributed by atoms with Crippen LogP contribution in [-0.2, 0) is 9.47 Å². The van der Waals surface area contributed by atoms with Crippen LogP contribution in [0, 0.1) is 5.92 Å². The number of pyridine rings is 1. The molecule has 0 amide bonds. The Morgan fingerprint density at radius 2 is 1.95 bits per heavy atom. The summed E-state index contributed by atoms with van der Waals surface area (Å²) >= 11 is 0. The van der Waals surface area contributed by atoms with Crippen molar-refractivity contribution < 1.29 is 14.6 Å². The Morgan fingerprint density at radius 3 is 2.68 bits per heavy atom. The number of rotatable bonds is 2. The Bertz CT molecular complexity index is 398. The van der Waals surface area contributed by atoms with Gasteiger partial charge < -0.3 is 14.6 Å². The predicted octanol–water partition coefficient (Wildman–Crippen LogP) is 2.09. The second-order valence-corrected chi connectivity index (χ2v) is 5.62. The summed E-state index contributed by atoms with van der Waals surface area (Å²) in [4.78, 5) is 4.00. The number of aliphatic hydroxyl groups is 1. The Balaban J connectivity index is 1.71. The maximum atomic E-state index is 10.5. The lowest BCUT2D eigenvalue weighted by Crippen LogP contribution is -2.45. The molecule has 0 bridgehead atoms. The molecule has 0 saturated carbocycles. The highest BCUT2D eigenvalue weighted by Gasteiger charge is 2.41. The number of nitrogens with zero attached hydrogens (tertiary/aromatic N) is 1. The van der Waals surface area contributed by atoms with Gasteiger partial charge in [-0.05, 0) is 49.3 Å². The van der Waals surface area contributed by atoms with Crippen molar-refractivity contribution in [3.05, 3.63) is 30.1 Å². The fourth-order valence-electron chi connectivity index (χ4n) is 3.26. The fraction of sp³-hybridized carbons (Fsp3) is 0.667. The van der Waals surface area contributed by atoms with Gasteiger partial charge in [-0.2, -0.15) is 0 Å². The number of aromatic nitrogens is 1. The van der Waals surface area contributed by atoms with Crippen molar-refractivity contribution >= 4 is 0 Å². The van der Waals surface area contributed by atoms with E-state index in [2.05, 4.69) is 4.98 Å². The molecule has 2 aliphatic heterocycles. The van der Waals surface area contributed by atoms with Gasteiger partial charge in [0.2, 0.25) is 0 Å². The maximum absolute atomic E-state index is 10.5. The van der Waals surface area contributed by atoms with Crippen LogP contribution in [0.2, 0.25) is 0 Å². The zero-order valence-electron chi connectivity index (χ0n) is 11.1. The third-order valence-corrected chi connectivity index (χ3v) is 4.43. The van der Waals surface area contributed by atoms with Gasteiger partial charge in [0.05, 0.1) is 11.7 Å². The molecular weight excluding hydrogens is 242 g/mol. The molecule has 1 aromatic heterocycles. The highest BCUT2D eigenvalue weighted by molar-refractivity contribution is 5.14. The predicted molar refractivity (Wildman–Crippen MR) is 70.7 cm³/mol. The minimum absolute atomic E-state index is 0.0603. The van der Waals surface area contributed by atoms with Crippen LogP contribution in [0.4, 0.5) is 0 Å². The summed E-state index contributed by atoms with van der Waals surface area (Å²) < 4.78 is 11.4. The van der Waals surface area contributed by atoms with Crippen molar-refractivity contribution in [3.63, 3.8) is 0 Å². The van der Waals surface area contributed by atoms with E-state index in [4.69, 9.17) is 9.47 Å². The first-order chi connectivity index (χ1) is 9.29. The van der Waals surface area contributed by atoms with E-state index in [1.165, 1.54) is 0 Å². The van der Waals surface area contributed by atoms with E-state index in [-0.39, 0.29) is 11.5 Å². The SMILES string of the molecule is OC(c1ccncc1)C1CCOC2(CCOCC2)C1. The van der Waals surface area contributed by atoms with Gasteiger partial charge in [-0.15, -0.1) is 0 Å². The summed E-state index contributed by atoms with van der Waals surface area (Å²) in [6.07, 6.45) is 6.82. The molecule has 3 rings (SSSR count). The molecule has 2 aliphatic rings. The van der Waals surface area contributed by atoms with Crippen molar-refractivity contribution in [2.45, 2.75) is 37.4 Å². The van der Waals surface area contributed by atoms with Gasteiger partial charge in [0.1, 0.15) is 0 Å². The van der Waals surface area contributed by atoms with Crippen LogP contribution < -0.4 is 0 Å². The Morgan fingerprint density at radius 1 is 1.21 bits per heavy atom. The number of aliphatic hydroxyl groups excluding tert-OH is 1. The topological polar surface area (TPSA) is 51.6 Å². The summed E-state index contributed by atoms with van der Waals surface area (Å²) in [5.74, 6) is 0.272. The van der Waals surface area contributed by atoms with Crippen molar-refractivity contribution in [1.29, 1.82) is 0 Å². The van der Waals surface area contributed by atoms with Gasteiger partial charge in [0, 0.05) is 32.2 Å². The summed E-state index contributed by atoms with van der Waals surface area (Å²) in [7, 11) is 0. The molecule has 4 nitrogen and oxygen atoms in total. The smallest absolute Gasteiger partial charge is 0.0821 e. The van der Waals surface area contributed by atoms with E-state index in [9.17, 15) is 5.11 Å². The lowest BCUT2D eigenvalue weighted by molar-refractivity contribution is -0.159. The monoisotopic (exact) mass is 263 g/mol. The Kier molecular flexibility index (Phi) is 3.82. The molecule has 19 heavy (non-hydrogen) atoms. The molecule has 0 aliphatic carbocycles. The first-order valence-corrected chi connectivity index (χ1v) is 7.09. The molecule has 2 fully saturated rings. The quantitative estimate of drug-likeness (QED) is 0.887. The Hall–Kier alpha value is -0.970. The van der Waals surface area contributed by atoms with Gasteiger partial charge in [-0.3, -0.25) is 4.98 Å². The van der Waals surface area contributed by atoms with Crippen LogP contribution in [0.25, 0.3) is 0 Å². The van der Waals surface area contributed by atoms with E-state index in [1.807, 2.05) is 12.1 Å². The van der Waals surface area contributed by atoms with Crippen molar-refractivity contribution in [1.82, 2.24) is 4.98 Å².